The third-order valence-electron chi connectivity index (χ3n) is 3.71. The zero-order valence-electron chi connectivity index (χ0n) is 15.7. The summed E-state index contributed by atoms with van der Waals surface area (Å²) in [5, 5.41) is 5.24. The van der Waals surface area contributed by atoms with E-state index in [1.165, 1.54) is 23.5 Å². The number of amides is 1. The van der Waals surface area contributed by atoms with Gasteiger partial charge in [0.15, 0.2) is 0 Å². The Labute approximate surface area is 161 Å². The number of hydrogen-bond acceptors (Lipinski definition) is 5. The van der Waals surface area contributed by atoms with Crippen molar-refractivity contribution in [3.8, 4) is 22.0 Å². The number of halogens is 1. The molecule has 0 atom stereocenters. The molecule has 0 aliphatic rings. The van der Waals surface area contributed by atoms with Crippen molar-refractivity contribution in [3.63, 3.8) is 0 Å². The number of aromatic nitrogens is 3. The van der Waals surface area contributed by atoms with E-state index in [2.05, 4.69) is 20.3 Å². The zero-order chi connectivity index (χ0) is 19.6. The van der Waals surface area contributed by atoms with Gasteiger partial charge in [-0.3, -0.25) is 4.79 Å². The van der Waals surface area contributed by atoms with E-state index < -0.39 is 0 Å². The van der Waals surface area contributed by atoms with Gasteiger partial charge in [-0.05, 0) is 52.2 Å². The number of carbonyl (C=O) groups is 1. The fourth-order valence-corrected chi connectivity index (χ4v) is 3.40. The SMILES string of the molecule is CC(C)NC(=O)c1csc(-c2[nH]c(CN(C)C)nc2-c2ccc(F)cc2)n1. The molecular weight excluding hydrogens is 365 g/mol. The van der Waals surface area contributed by atoms with Crippen LogP contribution in [0.25, 0.3) is 22.0 Å². The molecule has 142 valence electrons. The van der Waals surface area contributed by atoms with Crippen LogP contribution in [0.3, 0.4) is 0 Å². The number of aromatic amines is 1. The van der Waals surface area contributed by atoms with E-state index in [9.17, 15) is 9.18 Å². The lowest BCUT2D eigenvalue weighted by atomic mass is 10.1. The predicted octanol–water partition coefficient (Wildman–Crippen LogP) is 3.54. The summed E-state index contributed by atoms with van der Waals surface area (Å²) in [6, 6.07) is 6.23. The molecule has 0 radical (unpaired) electrons. The molecule has 2 heterocycles. The minimum absolute atomic E-state index is 0.0382. The van der Waals surface area contributed by atoms with E-state index in [1.807, 2.05) is 32.8 Å². The van der Waals surface area contributed by atoms with Gasteiger partial charge in [0.1, 0.15) is 28.0 Å². The predicted molar refractivity (Wildman–Crippen MR) is 105 cm³/mol. The number of imidazole rings is 1. The Morgan fingerprint density at radius 2 is 1.96 bits per heavy atom. The summed E-state index contributed by atoms with van der Waals surface area (Å²) in [5.74, 6) is 0.271. The summed E-state index contributed by atoms with van der Waals surface area (Å²) < 4.78 is 13.3. The van der Waals surface area contributed by atoms with E-state index in [0.29, 0.717) is 22.9 Å². The van der Waals surface area contributed by atoms with Gasteiger partial charge in [-0.25, -0.2) is 14.4 Å². The first-order valence-corrected chi connectivity index (χ1v) is 9.47. The molecule has 0 spiro atoms. The number of benzene rings is 1. The van der Waals surface area contributed by atoms with Crippen molar-refractivity contribution < 1.29 is 9.18 Å². The number of nitrogens with zero attached hydrogens (tertiary/aromatic N) is 3. The average molecular weight is 387 g/mol. The third-order valence-corrected chi connectivity index (χ3v) is 4.57. The Morgan fingerprint density at radius 1 is 1.26 bits per heavy atom. The van der Waals surface area contributed by atoms with Crippen molar-refractivity contribution in [2.45, 2.75) is 26.4 Å². The smallest absolute Gasteiger partial charge is 0.270 e. The van der Waals surface area contributed by atoms with Crippen molar-refractivity contribution >= 4 is 17.2 Å². The number of rotatable bonds is 6. The molecule has 6 nitrogen and oxygen atoms in total. The van der Waals surface area contributed by atoms with Crippen molar-refractivity contribution in [2.75, 3.05) is 14.1 Å². The molecule has 0 bridgehead atoms. The Kier molecular flexibility index (Phi) is 5.67. The molecule has 8 heteroatoms. The second-order valence-corrected chi connectivity index (χ2v) is 7.68. The van der Waals surface area contributed by atoms with Gasteiger partial charge in [-0.1, -0.05) is 0 Å². The Balaban J connectivity index is 2.01. The Morgan fingerprint density at radius 3 is 2.59 bits per heavy atom. The highest BCUT2D eigenvalue weighted by Crippen LogP contribution is 2.32. The maximum atomic E-state index is 13.3. The lowest BCUT2D eigenvalue weighted by molar-refractivity contribution is 0.0939. The number of nitrogens with one attached hydrogen (secondary N) is 2. The van der Waals surface area contributed by atoms with Crippen LogP contribution >= 0.6 is 11.3 Å². The van der Waals surface area contributed by atoms with E-state index in [-0.39, 0.29) is 17.8 Å². The monoisotopic (exact) mass is 387 g/mol. The number of thiazole rings is 1. The summed E-state index contributed by atoms with van der Waals surface area (Å²) in [5.41, 5.74) is 2.58. The van der Waals surface area contributed by atoms with E-state index in [0.717, 1.165) is 17.1 Å². The summed E-state index contributed by atoms with van der Waals surface area (Å²) in [6.45, 7) is 4.43. The van der Waals surface area contributed by atoms with Crippen LogP contribution in [-0.4, -0.2) is 45.9 Å². The molecule has 1 amide bonds. The van der Waals surface area contributed by atoms with Crippen molar-refractivity contribution in [1.82, 2.24) is 25.2 Å². The molecule has 3 rings (SSSR count). The summed E-state index contributed by atoms with van der Waals surface area (Å²) in [7, 11) is 3.91. The van der Waals surface area contributed by atoms with Gasteiger partial charge in [0.2, 0.25) is 0 Å². The Hall–Kier alpha value is -2.58. The van der Waals surface area contributed by atoms with Gasteiger partial charge in [0.05, 0.1) is 12.2 Å². The molecule has 0 fully saturated rings. The molecular formula is C19H22FN5OS. The van der Waals surface area contributed by atoms with Crippen molar-refractivity contribution in [1.29, 1.82) is 0 Å². The van der Waals surface area contributed by atoms with Crippen LogP contribution in [-0.2, 0) is 6.54 Å². The molecule has 2 aromatic heterocycles. The summed E-state index contributed by atoms with van der Waals surface area (Å²) in [6.07, 6.45) is 0. The standard InChI is InChI=1S/C19H22FN5OS/c1-11(2)21-18(26)14-10-27-19(22-14)17-16(12-5-7-13(20)8-6-12)23-15(24-17)9-25(3)4/h5-8,10-11H,9H2,1-4H3,(H,21,26)(H,23,24). The molecule has 27 heavy (non-hydrogen) atoms. The van der Waals surface area contributed by atoms with Gasteiger partial charge in [-0.15, -0.1) is 11.3 Å². The highest BCUT2D eigenvalue weighted by Gasteiger charge is 2.19. The van der Waals surface area contributed by atoms with E-state index in [4.69, 9.17) is 0 Å². The largest absolute Gasteiger partial charge is 0.349 e. The third kappa shape index (κ3) is 4.58. The summed E-state index contributed by atoms with van der Waals surface area (Å²) in [4.78, 5) is 26.7. The fourth-order valence-electron chi connectivity index (χ4n) is 2.60. The second-order valence-electron chi connectivity index (χ2n) is 6.82. The minimum Gasteiger partial charge on any atom is -0.349 e. The van der Waals surface area contributed by atoms with Crippen LogP contribution in [0.2, 0.25) is 0 Å². The first-order chi connectivity index (χ1) is 12.8. The molecule has 0 aliphatic carbocycles. The quantitative estimate of drug-likeness (QED) is 0.678. The topological polar surface area (TPSA) is 73.9 Å². The maximum absolute atomic E-state index is 13.3. The number of hydrogen-bond donors (Lipinski definition) is 2. The van der Waals surface area contributed by atoms with Crippen LogP contribution in [0.5, 0.6) is 0 Å². The van der Waals surface area contributed by atoms with Crippen LogP contribution in [0.1, 0.15) is 30.2 Å². The molecule has 0 unspecified atom stereocenters. The number of H-pyrrole nitrogens is 1. The number of carbonyl (C=O) groups excluding carboxylic acids is 1. The first-order valence-electron chi connectivity index (χ1n) is 8.59. The minimum atomic E-state index is -0.300. The molecule has 3 aromatic rings. The van der Waals surface area contributed by atoms with Crippen LogP contribution in [0.4, 0.5) is 4.39 Å². The molecule has 1 aromatic carbocycles. The summed E-state index contributed by atoms with van der Waals surface area (Å²) >= 11 is 1.37. The van der Waals surface area contributed by atoms with Gasteiger partial charge in [0.25, 0.3) is 5.91 Å². The molecule has 0 saturated carbocycles. The van der Waals surface area contributed by atoms with E-state index >= 15 is 0 Å². The highest BCUT2D eigenvalue weighted by molar-refractivity contribution is 7.13. The molecule has 2 N–H and O–H groups in total. The van der Waals surface area contributed by atoms with Crippen LogP contribution in [0, 0.1) is 5.82 Å². The molecule has 0 aliphatic heterocycles. The van der Waals surface area contributed by atoms with E-state index in [1.54, 1.807) is 17.5 Å². The van der Waals surface area contributed by atoms with Crippen LogP contribution < -0.4 is 5.32 Å². The van der Waals surface area contributed by atoms with Gasteiger partial charge >= 0.3 is 0 Å². The van der Waals surface area contributed by atoms with Crippen molar-refractivity contribution in [2.24, 2.45) is 0 Å². The molecule has 0 saturated heterocycles. The van der Waals surface area contributed by atoms with Gasteiger partial charge in [0, 0.05) is 17.0 Å². The zero-order valence-corrected chi connectivity index (χ0v) is 16.5. The highest BCUT2D eigenvalue weighted by atomic mass is 32.1. The average Bonchev–Trinajstić information content (AvgIpc) is 3.21. The van der Waals surface area contributed by atoms with Gasteiger partial charge in [-0.2, -0.15) is 0 Å². The maximum Gasteiger partial charge on any atom is 0.270 e. The Bertz CT molecular complexity index is 930. The van der Waals surface area contributed by atoms with Gasteiger partial charge < -0.3 is 15.2 Å². The fraction of sp³-hybridized carbons (Fsp3) is 0.316. The lowest BCUT2D eigenvalue weighted by Crippen LogP contribution is -2.30. The first kappa shape index (κ1) is 19.2. The lowest BCUT2D eigenvalue weighted by Gasteiger charge is -2.05. The second kappa shape index (κ2) is 7.98. The normalized spacial score (nSPS) is 11.4. The van der Waals surface area contributed by atoms with Crippen LogP contribution in [0.15, 0.2) is 29.6 Å². The van der Waals surface area contributed by atoms with Crippen molar-refractivity contribution in [3.05, 3.63) is 47.0 Å².